The SMILES string of the molecule is COC(=O)NCCc1cccc(C)c1. The number of nitrogens with one attached hydrogen (secondary N) is 1. The summed E-state index contributed by atoms with van der Waals surface area (Å²) in [6.07, 6.45) is 0.453. The highest BCUT2D eigenvalue weighted by Crippen LogP contribution is 2.03. The largest absolute Gasteiger partial charge is 0.453 e. The highest BCUT2D eigenvalue weighted by Gasteiger charge is 1.97. The maximum absolute atomic E-state index is 10.7. The third-order valence-electron chi connectivity index (χ3n) is 1.95. The Labute approximate surface area is 84.1 Å². The molecule has 1 N–H and O–H groups in total. The van der Waals surface area contributed by atoms with Crippen molar-refractivity contribution >= 4 is 6.09 Å². The molecular formula is C11H15NO2. The second-order valence-electron chi connectivity index (χ2n) is 3.16. The number of aryl methyl sites for hydroxylation is 1. The molecule has 0 saturated carbocycles. The van der Waals surface area contributed by atoms with Crippen LogP contribution in [0.15, 0.2) is 24.3 Å². The van der Waals surface area contributed by atoms with Crippen LogP contribution in [0.25, 0.3) is 0 Å². The molecule has 0 fully saturated rings. The van der Waals surface area contributed by atoms with Crippen LogP contribution in [-0.4, -0.2) is 19.7 Å². The van der Waals surface area contributed by atoms with Crippen LogP contribution in [0.2, 0.25) is 0 Å². The number of amides is 1. The summed E-state index contributed by atoms with van der Waals surface area (Å²) >= 11 is 0. The van der Waals surface area contributed by atoms with Crippen LogP contribution in [0.1, 0.15) is 11.1 Å². The van der Waals surface area contributed by atoms with Crippen molar-refractivity contribution in [3.05, 3.63) is 35.4 Å². The van der Waals surface area contributed by atoms with E-state index in [1.807, 2.05) is 12.1 Å². The molecule has 1 amide bonds. The molecule has 1 aromatic rings. The summed E-state index contributed by atoms with van der Waals surface area (Å²) in [5.74, 6) is 0. The first-order valence-corrected chi connectivity index (χ1v) is 4.59. The zero-order chi connectivity index (χ0) is 10.4. The molecule has 0 radical (unpaired) electrons. The van der Waals surface area contributed by atoms with E-state index in [4.69, 9.17) is 0 Å². The molecular weight excluding hydrogens is 178 g/mol. The van der Waals surface area contributed by atoms with Gasteiger partial charge in [-0.05, 0) is 18.9 Å². The molecule has 0 saturated heterocycles. The van der Waals surface area contributed by atoms with Crippen molar-refractivity contribution in [2.45, 2.75) is 13.3 Å². The Hall–Kier alpha value is -1.51. The summed E-state index contributed by atoms with van der Waals surface area (Å²) in [6.45, 7) is 2.66. The van der Waals surface area contributed by atoms with Crippen LogP contribution in [-0.2, 0) is 11.2 Å². The van der Waals surface area contributed by atoms with Crippen LogP contribution in [0.3, 0.4) is 0 Å². The quantitative estimate of drug-likeness (QED) is 0.796. The Morgan fingerprint density at radius 3 is 2.93 bits per heavy atom. The van der Waals surface area contributed by atoms with E-state index in [0.717, 1.165) is 6.42 Å². The highest BCUT2D eigenvalue weighted by molar-refractivity contribution is 5.66. The minimum atomic E-state index is -0.377. The molecule has 3 heteroatoms. The van der Waals surface area contributed by atoms with Gasteiger partial charge < -0.3 is 10.1 Å². The zero-order valence-corrected chi connectivity index (χ0v) is 8.54. The topological polar surface area (TPSA) is 38.3 Å². The summed E-state index contributed by atoms with van der Waals surface area (Å²) in [4.78, 5) is 10.7. The van der Waals surface area contributed by atoms with Crippen LogP contribution in [0, 0.1) is 6.92 Å². The predicted molar refractivity (Wildman–Crippen MR) is 55.3 cm³/mol. The summed E-state index contributed by atoms with van der Waals surface area (Å²) in [5.41, 5.74) is 2.46. The number of ether oxygens (including phenoxy) is 1. The Bertz CT molecular complexity index is 310. The fourth-order valence-electron chi connectivity index (χ4n) is 1.25. The third kappa shape index (κ3) is 3.47. The molecule has 0 bridgehead atoms. The number of hydrogen-bond acceptors (Lipinski definition) is 2. The molecule has 0 unspecified atom stereocenters. The van der Waals surface area contributed by atoms with E-state index in [1.54, 1.807) is 0 Å². The van der Waals surface area contributed by atoms with Gasteiger partial charge in [-0.2, -0.15) is 0 Å². The smallest absolute Gasteiger partial charge is 0.406 e. The van der Waals surface area contributed by atoms with E-state index in [-0.39, 0.29) is 6.09 Å². The van der Waals surface area contributed by atoms with Crippen molar-refractivity contribution in [1.82, 2.24) is 5.32 Å². The van der Waals surface area contributed by atoms with Crippen molar-refractivity contribution in [3.63, 3.8) is 0 Å². The molecule has 0 heterocycles. The van der Waals surface area contributed by atoms with Crippen molar-refractivity contribution in [3.8, 4) is 0 Å². The standard InChI is InChI=1S/C11H15NO2/c1-9-4-3-5-10(8-9)6-7-12-11(13)14-2/h3-5,8H,6-7H2,1-2H3,(H,12,13). The Balaban J connectivity index is 2.35. The number of carbonyl (C=O) groups excluding carboxylic acids is 1. The fourth-order valence-corrected chi connectivity index (χ4v) is 1.25. The average Bonchev–Trinajstić information content (AvgIpc) is 2.17. The van der Waals surface area contributed by atoms with Gasteiger partial charge in [-0.3, -0.25) is 0 Å². The first-order chi connectivity index (χ1) is 6.72. The van der Waals surface area contributed by atoms with Gasteiger partial charge in [-0.25, -0.2) is 4.79 Å². The molecule has 1 aromatic carbocycles. The second-order valence-corrected chi connectivity index (χ2v) is 3.16. The van der Waals surface area contributed by atoms with Crippen molar-refractivity contribution in [2.24, 2.45) is 0 Å². The van der Waals surface area contributed by atoms with Crippen LogP contribution in [0.5, 0.6) is 0 Å². The van der Waals surface area contributed by atoms with Crippen molar-refractivity contribution < 1.29 is 9.53 Å². The van der Waals surface area contributed by atoms with Gasteiger partial charge in [0.05, 0.1) is 7.11 Å². The number of hydrogen-bond donors (Lipinski definition) is 1. The lowest BCUT2D eigenvalue weighted by Gasteiger charge is -2.04. The van der Waals surface area contributed by atoms with Gasteiger partial charge in [0.15, 0.2) is 0 Å². The van der Waals surface area contributed by atoms with E-state index >= 15 is 0 Å². The molecule has 1 rings (SSSR count). The van der Waals surface area contributed by atoms with Gasteiger partial charge in [0.2, 0.25) is 0 Å². The molecule has 0 aliphatic rings. The van der Waals surface area contributed by atoms with Crippen molar-refractivity contribution in [1.29, 1.82) is 0 Å². The average molecular weight is 193 g/mol. The zero-order valence-electron chi connectivity index (χ0n) is 8.54. The monoisotopic (exact) mass is 193 g/mol. The van der Waals surface area contributed by atoms with Gasteiger partial charge >= 0.3 is 6.09 Å². The molecule has 0 spiro atoms. The molecule has 0 atom stereocenters. The Morgan fingerprint density at radius 2 is 2.29 bits per heavy atom. The van der Waals surface area contributed by atoms with Crippen LogP contribution < -0.4 is 5.32 Å². The maximum Gasteiger partial charge on any atom is 0.406 e. The second kappa shape index (κ2) is 5.27. The first-order valence-electron chi connectivity index (χ1n) is 4.59. The molecule has 0 aliphatic heterocycles. The van der Waals surface area contributed by atoms with Gasteiger partial charge in [0.25, 0.3) is 0 Å². The van der Waals surface area contributed by atoms with E-state index in [1.165, 1.54) is 18.2 Å². The predicted octanol–water partition coefficient (Wildman–Crippen LogP) is 1.89. The number of methoxy groups -OCH3 is 1. The van der Waals surface area contributed by atoms with Crippen LogP contribution in [0.4, 0.5) is 4.79 Å². The van der Waals surface area contributed by atoms with Gasteiger partial charge in [0, 0.05) is 6.54 Å². The molecule has 14 heavy (non-hydrogen) atoms. The van der Waals surface area contributed by atoms with Gasteiger partial charge in [-0.1, -0.05) is 29.8 Å². The Morgan fingerprint density at radius 1 is 1.50 bits per heavy atom. The van der Waals surface area contributed by atoms with E-state index in [0.29, 0.717) is 6.54 Å². The minimum absolute atomic E-state index is 0.377. The molecule has 3 nitrogen and oxygen atoms in total. The normalized spacial score (nSPS) is 9.57. The minimum Gasteiger partial charge on any atom is -0.453 e. The number of carbonyl (C=O) groups is 1. The number of alkyl carbamates (subject to hydrolysis) is 1. The summed E-state index contributed by atoms with van der Waals surface area (Å²) in [6, 6.07) is 8.23. The maximum atomic E-state index is 10.7. The summed E-state index contributed by atoms with van der Waals surface area (Å²) in [7, 11) is 1.36. The van der Waals surface area contributed by atoms with Crippen molar-refractivity contribution in [2.75, 3.05) is 13.7 Å². The Kier molecular flexibility index (Phi) is 3.98. The van der Waals surface area contributed by atoms with Crippen LogP contribution >= 0.6 is 0 Å². The molecule has 0 aliphatic carbocycles. The van der Waals surface area contributed by atoms with E-state index < -0.39 is 0 Å². The van der Waals surface area contributed by atoms with Gasteiger partial charge in [-0.15, -0.1) is 0 Å². The molecule has 0 aromatic heterocycles. The summed E-state index contributed by atoms with van der Waals surface area (Å²) in [5, 5.41) is 2.64. The fraction of sp³-hybridized carbons (Fsp3) is 0.364. The highest BCUT2D eigenvalue weighted by atomic mass is 16.5. The first kappa shape index (κ1) is 10.6. The third-order valence-corrected chi connectivity index (χ3v) is 1.95. The number of rotatable bonds is 3. The number of benzene rings is 1. The van der Waals surface area contributed by atoms with E-state index in [9.17, 15) is 4.79 Å². The van der Waals surface area contributed by atoms with Gasteiger partial charge in [0.1, 0.15) is 0 Å². The summed E-state index contributed by atoms with van der Waals surface area (Å²) < 4.78 is 4.46. The lowest BCUT2D eigenvalue weighted by molar-refractivity contribution is 0.171. The lowest BCUT2D eigenvalue weighted by Crippen LogP contribution is -2.25. The molecule has 76 valence electrons. The lowest BCUT2D eigenvalue weighted by atomic mass is 10.1. The van der Waals surface area contributed by atoms with E-state index in [2.05, 4.69) is 29.1 Å².